The molecule has 0 aromatic heterocycles. The van der Waals surface area contributed by atoms with Crippen molar-refractivity contribution in [1.29, 1.82) is 0 Å². The van der Waals surface area contributed by atoms with Gasteiger partial charge in [-0.1, -0.05) is 52.3 Å². The molecule has 3 heteroatoms. The summed E-state index contributed by atoms with van der Waals surface area (Å²) in [5.74, 6) is 0.629. The largest absolute Gasteiger partial charge is 0.413 e. The van der Waals surface area contributed by atoms with Crippen molar-refractivity contribution in [1.82, 2.24) is 0 Å². The standard InChI is InChI=1S/C25H46O2Si/c1-19(2)11-10-15-25(7)21-13-12-20(18-26)17-24(21,6)16-14-22(25)27-28(8,9)23(3,4)5/h11,17,21-22,26H,10,12-16,18H2,1-9H3/t21-,22+,24-,25+/m1/s1. The molecule has 0 saturated heterocycles. The number of allylic oxidation sites excluding steroid dienone is 3. The zero-order chi connectivity index (χ0) is 21.4. The minimum absolute atomic E-state index is 0.186. The van der Waals surface area contributed by atoms with E-state index in [0.29, 0.717) is 12.0 Å². The first-order chi connectivity index (χ1) is 12.7. The van der Waals surface area contributed by atoms with E-state index in [1.54, 1.807) is 0 Å². The maximum absolute atomic E-state index is 9.73. The Bertz CT molecular complexity index is 609. The smallest absolute Gasteiger partial charge is 0.192 e. The highest BCUT2D eigenvalue weighted by molar-refractivity contribution is 6.74. The van der Waals surface area contributed by atoms with Crippen molar-refractivity contribution in [2.24, 2.45) is 16.7 Å². The van der Waals surface area contributed by atoms with Crippen molar-refractivity contribution in [2.75, 3.05) is 6.61 Å². The molecule has 0 bridgehead atoms. The molecule has 4 atom stereocenters. The lowest BCUT2D eigenvalue weighted by Gasteiger charge is -2.59. The predicted molar refractivity (Wildman–Crippen MR) is 124 cm³/mol. The van der Waals surface area contributed by atoms with Gasteiger partial charge in [0.25, 0.3) is 0 Å². The van der Waals surface area contributed by atoms with E-state index >= 15 is 0 Å². The molecule has 1 fully saturated rings. The first kappa shape index (κ1) is 23.9. The lowest BCUT2D eigenvalue weighted by Crippen LogP contribution is -2.56. The molecule has 0 unspecified atom stereocenters. The second-order valence-corrected chi connectivity index (χ2v) is 16.5. The van der Waals surface area contributed by atoms with Crippen LogP contribution in [0.4, 0.5) is 0 Å². The summed E-state index contributed by atoms with van der Waals surface area (Å²) in [5, 5.41) is 9.97. The van der Waals surface area contributed by atoms with Gasteiger partial charge in [0.15, 0.2) is 8.32 Å². The summed E-state index contributed by atoms with van der Waals surface area (Å²) in [5.41, 5.74) is 3.04. The Balaban J connectivity index is 2.38. The molecule has 1 saturated carbocycles. The molecule has 0 aromatic rings. The second kappa shape index (κ2) is 8.39. The molecule has 2 rings (SSSR count). The number of hydrogen-bond acceptors (Lipinski definition) is 2. The molecule has 0 heterocycles. The van der Waals surface area contributed by atoms with Crippen molar-refractivity contribution in [2.45, 2.75) is 111 Å². The number of fused-ring (bicyclic) bond motifs is 1. The van der Waals surface area contributed by atoms with Crippen molar-refractivity contribution >= 4 is 8.32 Å². The third-order valence-electron chi connectivity index (χ3n) is 8.24. The topological polar surface area (TPSA) is 29.5 Å². The second-order valence-electron chi connectivity index (χ2n) is 11.8. The first-order valence-corrected chi connectivity index (χ1v) is 14.3. The maximum Gasteiger partial charge on any atom is 0.192 e. The molecule has 0 amide bonds. The quantitative estimate of drug-likeness (QED) is 0.371. The van der Waals surface area contributed by atoms with E-state index in [4.69, 9.17) is 4.43 Å². The molecule has 0 spiro atoms. The van der Waals surface area contributed by atoms with Crippen molar-refractivity contribution in [3.8, 4) is 0 Å². The molecule has 0 aliphatic heterocycles. The van der Waals surface area contributed by atoms with Gasteiger partial charge in [-0.05, 0) is 92.8 Å². The lowest BCUT2D eigenvalue weighted by molar-refractivity contribution is -0.0927. The number of rotatable bonds is 6. The Morgan fingerprint density at radius 3 is 2.43 bits per heavy atom. The molecule has 2 aliphatic rings. The van der Waals surface area contributed by atoms with E-state index in [0.717, 1.165) is 19.3 Å². The van der Waals surface area contributed by atoms with Gasteiger partial charge in [0, 0.05) is 0 Å². The Morgan fingerprint density at radius 2 is 1.89 bits per heavy atom. The van der Waals surface area contributed by atoms with Crippen LogP contribution in [0.2, 0.25) is 18.1 Å². The van der Waals surface area contributed by atoms with Crippen LogP contribution >= 0.6 is 0 Å². The van der Waals surface area contributed by atoms with Gasteiger partial charge >= 0.3 is 0 Å². The lowest BCUT2D eigenvalue weighted by atomic mass is 9.50. The van der Waals surface area contributed by atoms with Crippen LogP contribution in [-0.2, 0) is 4.43 Å². The minimum atomic E-state index is -1.81. The average Bonchev–Trinajstić information content (AvgIpc) is 2.55. The number of hydrogen-bond donors (Lipinski definition) is 1. The van der Waals surface area contributed by atoms with Crippen LogP contribution in [0, 0.1) is 16.7 Å². The summed E-state index contributed by atoms with van der Waals surface area (Å²) < 4.78 is 7.11. The highest BCUT2D eigenvalue weighted by atomic mass is 28.4. The SMILES string of the molecule is CC(C)=CCC[C@]1(C)[C@@H](O[Si](C)(C)C(C)(C)C)CC[C@]2(C)C=C(CO)CC[C@@H]12. The summed E-state index contributed by atoms with van der Waals surface area (Å²) in [6.07, 6.45) is 12.1. The maximum atomic E-state index is 9.73. The molecule has 0 aromatic carbocycles. The van der Waals surface area contributed by atoms with Gasteiger partial charge in [-0.3, -0.25) is 0 Å². The molecule has 28 heavy (non-hydrogen) atoms. The van der Waals surface area contributed by atoms with Gasteiger partial charge in [-0.25, -0.2) is 0 Å². The fraction of sp³-hybridized carbons (Fsp3) is 0.840. The Labute approximate surface area is 176 Å². The molecule has 162 valence electrons. The van der Waals surface area contributed by atoms with Crippen LogP contribution in [0.15, 0.2) is 23.3 Å². The van der Waals surface area contributed by atoms with Gasteiger partial charge in [-0.15, -0.1) is 0 Å². The third-order valence-corrected chi connectivity index (χ3v) is 12.7. The highest BCUT2D eigenvalue weighted by Gasteiger charge is 2.55. The zero-order valence-electron chi connectivity index (χ0n) is 20.1. The van der Waals surface area contributed by atoms with Crippen LogP contribution in [-0.4, -0.2) is 26.1 Å². The van der Waals surface area contributed by atoms with Gasteiger partial charge in [0.2, 0.25) is 0 Å². The monoisotopic (exact) mass is 406 g/mol. The summed E-state index contributed by atoms with van der Waals surface area (Å²) in [7, 11) is -1.81. The molecule has 2 aliphatic carbocycles. The number of aliphatic hydroxyl groups excluding tert-OH is 1. The fourth-order valence-corrected chi connectivity index (χ4v) is 6.93. The van der Waals surface area contributed by atoms with Crippen LogP contribution in [0.5, 0.6) is 0 Å². The van der Waals surface area contributed by atoms with Gasteiger partial charge in [0.05, 0.1) is 12.7 Å². The Kier molecular flexibility index (Phi) is 7.16. The summed E-state index contributed by atoms with van der Waals surface area (Å²) in [6, 6.07) is 0. The van der Waals surface area contributed by atoms with E-state index < -0.39 is 8.32 Å². The van der Waals surface area contributed by atoms with Crippen molar-refractivity contribution in [3.63, 3.8) is 0 Å². The fourth-order valence-electron chi connectivity index (χ4n) is 5.48. The van der Waals surface area contributed by atoms with E-state index in [2.05, 4.69) is 73.7 Å². The summed E-state index contributed by atoms with van der Waals surface area (Å²) in [4.78, 5) is 0. The van der Waals surface area contributed by atoms with E-state index in [1.807, 2.05) is 0 Å². The highest BCUT2D eigenvalue weighted by Crippen LogP contribution is 2.60. The summed E-state index contributed by atoms with van der Waals surface area (Å²) >= 11 is 0. The van der Waals surface area contributed by atoms with Gasteiger partial charge in [-0.2, -0.15) is 0 Å². The van der Waals surface area contributed by atoms with Crippen molar-refractivity contribution < 1.29 is 9.53 Å². The molecular formula is C25H46O2Si. The predicted octanol–water partition coefficient (Wildman–Crippen LogP) is 7.26. The Morgan fingerprint density at radius 1 is 1.25 bits per heavy atom. The van der Waals surface area contributed by atoms with E-state index in [-0.39, 0.29) is 22.5 Å². The zero-order valence-corrected chi connectivity index (χ0v) is 21.1. The molecule has 0 radical (unpaired) electrons. The molecular weight excluding hydrogens is 360 g/mol. The normalized spacial score (nSPS) is 33.9. The van der Waals surface area contributed by atoms with E-state index in [1.165, 1.54) is 30.4 Å². The first-order valence-electron chi connectivity index (χ1n) is 11.4. The molecule has 1 N–H and O–H groups in total. The van der Waals surface area contributed by atoms with Crippen molar-refractivity contribution in [3.05, 3.63) is 23.3 Å². The van der Waals surface area contributed by atoms with Crippen LogP contribution < -0.4 is 0 Å². The van der Waals surface area contributed by atoms with Gasteiger partial charge in [0.1, 0.15) is 0 Å². The third kappa shape index (κ3) is 4.84. The van der Waals surface area contributed by atoms with E-state index in [9.17, 15) is 5.11 Å². The summed E-state index contributed by atoms with van der Waals surface area (Å²) in [6.45, 7) is 21.4. The van der Waals surface area contributed by atoms with Gasteiger partial charge < -0.3 is 9.53 Å². The molecule has 2 nitrogen and oxygen atoms in total. The Hall–Kier alpha value is -0.383. The number of aliphatic hydroxyl groups is 1. The average molecular weight is 407 g/mol. The van der Waals surface area contributed by atoms with Crippen LogP contribution in [0.3, 0.4) is 0 Å². The van der Waals surface area contributed by atoms with Crippen LogP contribution in [0.25, 0.3) is 0 Å². The minimum Gasteiger partial charge on any atom is -0.413 e. The van der Waals surface area contributed by atoms with Crippen LogP contribution in [0.1, 0.15) is 87.0 Å².